The fourth-order valence-corrected chi connectivity index (χ4v) is 4.36. The molecule has 7 heteroatoms. The number of benzene rings is 1. The Bertz CT molecular complexity index is 822. The molecule has 2 atom stereocenters. The van der Waals surface area contributed by atoms with Gasteiger partial charge < -0.3 is 9.84 Å². The van der Waals surface area contributed by atoms with E-state index in [1.54, 1.807) is 0 Å². The highest BCUT2D eigenvalue weighted by Gasteiger charge is 2.61. The van der Waals surface area contributed by atoms with Crippen LogP contribution in [0.25, 0.3) is 0 Å². The number of halogens is 2. The van der Waals surface area contributed by atoms with E-state index in [0.717, 1.165) is 19.3 Å². The van der Waals surface area contributed by atoms with Crippen LogP contribution in [0.2, 0.25) is 0 Å². The number of hydrogen-bond donors (Lipinski definition) is 1. The predicted molar refractivity (Wildman–Crippen MR) is 103 cm³/mol. The summed E-state index contributed by atoms with van der Waals surface area (Å²) in [4.78, 5) is 26.5. The predicted octanol–water partition coefficient (Wildman–Crippen LogP) is 4.35. The molecule has 1 spiro atoms. The number of nitrogens with zero attached hydrogens (tertiary/aromatic N) is 1. The summed E-state index contributed by atoms with van der Waals surface area (Å²) in [5.41, 5.74) is -0.667. The van der Waals surface area contributed by atoms with Gasteiger partial charge in [0.1, 0.15) is 16.5 Å². The molecular formula is C19H21BrClNO4. The van der Waals surface area contributed by atoms with Crippen LogP contribution in [-0.2, 0) is 11.2 Å². The van der Waals surface area contributed by atoms with E-state index in [0.29, 0.717) is 29.2 Å². The van der Waals surface area contributed by atoms with Crippen LogP contribution in [0.15, 0.2) is 21.6 Å². The van der Waals surface area contributed by atoms with Crippen molar-refractivity contribution in [3.8, 4) is 11.5 Å². The monoisotopic (exact) mass is 441 g/mol. The Hall–Kier alpha value is -1.53. The summed E-state index contributed by atoms with van der Waals surface area (Å²) in [7, 11) is 1.48. The summed E-state index contributed by atoms with van der Waals surface area (Å²) in [5.74, 6) is 0.173. The van der Waals surface area contributed by atoms with E-state index in [-0.39, 0.29) is 21.0 Å². The third-order valence-corrected chi connectivity index (χ3v) is 6.83. The van der Waals surface area contributed by atoms with Crippen molar-refractivity contribution in [2.45, 2.75) is 45.3 Å². The first-order chi connectivity index (χ1) is 12.3. The van der Waals surface area contributed by atoms with Crippen molar-refractivity contribution in [3.05, 3.63) is 32.8 Å². The molecule has 1 amide bonds. The second-order valence-corrected chi connectivity index (χ2v) is 8.08. The van der Waals surface area contributed by atoms with Crippen LogP contribution in [0.1, 0.15) is 49.0 Å². The van der Waals surface area contributed by atoms with Gasteiger partial charge in [0.25, 0.3) is 11.6 Å². The van der Waals surface area contributed by atoms with Crippen LogP contribution < -0.4 is 4.74 Å². The molecule has 3 rings (SSSR count). The van der Waals surface area contributed by atoms with Crippen molar-refractivity contribution in [3.63, 3.8) is 0 Å². The lowest BCUT2D eigenvalue weighted by Crippen LogP contribution is -2.53. The lowest BCUT2D eigenvalue weighted by atomic mass is 9.96. The highest BCUT2D eigenvalue weighted by Crippen LogP contribution is 2.51. The molecule has 5 nitrogen and oxygen atoms in total. The first kappa shape index (κ1) is 19.2. The highest BCUT2D eigenvalue weighted by molar-refractivity contribution is 9.11. The molecule has 2 aliphatic rings. The minimum Gasteiger partial charge on any atom is -0.508 e. The zero-order valence-electron chi connectivity index (χ0n) is 14.9. The SMILES string of the molecule is CCC(C)CCCc1c(O)ccc2c1OC1(C2=O)C(Br)=C(Cl)C(=O)N1C. The van der Waals surface area contributed by atoms with Crippen molar-refractivity contribution < 1.29 is 19.4 Å². The minimum absolute atomic E-state index is 0.0730. The second kappa shape index (κ2) is 6.89. The molecule has 0 bridgehead atoms. The Labute approximate surface area is 166 Å². The van der Waals surface area contributed by atoms with Gasteiger partial charge in [0.05, 0.1) is 10.0 Å². The topological polar surface area (TPSA) is 66.8 Å². The molecular weight excluding hydrogens is 422 g/mol. The van der Waals surface area contributed by atoms with Gasteiger partial charge in [-0.25, -0.2) is 0 Å². The van der Waals surface area contributed by atoms with Crippen LogP contribution in [-0.4, -0.2) is 34.5 Å². The number of rotatable bonds is 5. The van der Waals surface area contributed by atoms with Gasteiger partial charge in [-0.3, -0.25) is 14.5 Å². The number of phenolic OH excluding ortho intramolecular Hbond substituents is 1. The fourth-order valence-electron chi connectivity index (χ4n) is 3.41. The first-order valence-corrected chi connectivity index (χ1v) is 9.85. The van der Waals surface area contributed by atoms with Gasteiger partial charge in [-0.15, -0.1) is 0 Å². The van der Waals surface area contributed by atoms with Crippen molar-refractivity contribution in [2.75, 3.05) is 7.05 Å². The van der Waals surface area contributed by atoms with Crippen LogP contribution in [0.4, 0.5) is 0 Å². The summed E-state index contributed by atoms with van der Waals surface area (Å²) in [5, 5.41) is 10.3. The molecule has 1 aromatic carbocycles. The number of fused-ring (bicyclic) bond motifs is 1. The van der Waals surface area contributed by atoms with Gasteiger partial charge in [0.2, 0.25) is 5.78 Å². The summed E-state index contributed by atoms with van der Waals surface area (Å²) in [6, 6.07) is 3.04. The van der Waals surface area contributed by atoms with Gasteiger partial charge in [-0.05, 0) is 46.8 Å². The van der Waals surface area contributed by atoms with Gasteiger partial charge in [0, 0.05) is 12.6 Å². The van der Waals surface area contributed by atoms with Crippen molar-refractivity contribution >= 4 is 39.2 Å². The minimum atomic E-state index is -1.62. The number of amides is 1. The number of carbonyl (C=O) groups is 2. The van der Waals surface area contributed by atoms with Gasteiger partial charge in [-0.2, -0.15) is 0 Å². The molecule has 0 aliphatic carbocycles. The number of carbonyl (C=O) groups excluding carboxylic acids is 2. The van der Waals surface area contributed by atoms with E-state index in [1.165, 1.54) is 24.1 Å². The molecule has 140 valence electrons. The highest BCUT2D eigenvalue weighted by atomic mass is 79.9. The normalized spacial score (nSPS) is 23.0. The smallest absolute Gasteiger partial charge is 0.283 e. The van der Waals surface area contributed by atoms with Crippen LogP contribution in [0.3, 0.4) is 0 Å². The molecule has 0 saturated carbocycles. The number of ether oxygens (including phenoxy) is 1. The second-order valence-electron chi connectivity index (χ2n) is 6.91. The Balaban J connectivity index is 1.98. The molecule has 0 fully saturated rings. The number of phenols is 1. The number of likely N-dealkylation sites (N-methyl/N-ethyl adjacent to an activating group) is 1. The lowest BCUT2D eigenvalue weighted by molar-refractivity contribution is -0.131. The summed E-state index contributed by atoms with van der Waals surface area (Å²) < 4.78 is 6.23. The fraction of sp³-hybridized carbons (Fsp3) is 0.474. The van der Waals surface area contributed by atoms with Gasteiger partial charge in [-0.1, -0.05) is 38.3 Å². The van der Waals surface area contributed by atoms with E-state index in [4.69, 9.17) is 16.3 Å². The molecule has 0 saturated heterocycles. The molecule has 1 aromatic rings. The third kappa shape index (κ3) is 2.65. The Morgan fingerprint density at radius 2 is 2.08 bits per heavy atom. The van der Waals surface area contributed by atoms with Gasteiger partial charge >= 0.3 is 0 Å². The zero-order valence-corrected chi connectivity index (χ0v) is 17.3. The maximum absolute atomic E-state index is 13.1. The lowest BCUT2D eigenvalue weighted by Gasteiger charge is -2.30. The Morgan fingerprint density at radius 1 is 1.38 bits per heavy atom. The average Bonchev–Trinajstić information content (AvgIpc) is 3.01. The Morgan fingerprint density at radius 3 is 2.65 bits per heavy atom. The van der Waals surface area contributed by atoms with Gasteiger partial charge in [0.15, 0.2) is 0 Å². The molecule has 0 aromatic heterocycles. The number of aromatic hydroxyl groups is 1. The van der Waals surface area contributed by atoms with E-state index in [2.05, 4.69) is 29.8 Å². The third-order valence-electron chi connectivity index (χ3n) is 5.31. The number of hydrogen-bond acceptors (Lipinski definition) is 4. The van der Waals surface area contributed by atoms with Crippen molar-refractivity contribution in [1.29, 1.82) is 0 Å². The quantitative estimate of drug-likeness (QED) is 0.736. The number of ketones is 1. The van der Waals surface area contributed by atoms with E-state index in [9.17, 15) is 14.7 Å². The van der Waals surface area contributed by atoms with E-state index in [1.807, 2.05) is 0 Å². The summed E-state index contributed by atoms with van der Waals surface area (Å²) in [6.07, 6.45) is 3.58. The summed E-state index contributed by atoms with van der Waals surface area (Å²) in [6.45, 7) is 4.34. The van der Waals surface area contributed by atoms with Crippen molar-refractivity contribution in [2.24, 2.45) is 5.92 Å². The molecule has 2 aliphatic heterocycles. The van der Waals surface area contributed by atoms with Crippen LogP contribution >= 0.6 is 27.5 Å². The zero-order chi connectivity index (χ0) is 19.2. The number of Topliss-reactive ketones (excluding diaryl/α,β-unsaturated/α-hetero) is 1. The van der Waals surface area contributed by atoms with E-state index >= 15 is 0 Å². The largest absolute Gasteiger partial charge is 0.508 e. The maximum Gasteiger partial charge on any atom is 0.283 e. The molecule has 0 radical (unpaired) electrons. The molecule has 26 heavy (non-hydrogen) atoms. The van der Waals surface area contributed by atoms with E-state index < -0.39 is 11.6 Å². The molecule has 1 N–H and O–H groups in total. The maximum atomic E-state index is 13.1. The van der Waals surface area contributed by atoms with Crippen molar-refractivity contribution in [1.82, 2.24) is 4.90 Å². The molecule has 2 unspecified atom stereocenters. The first-order valence-electron chi connectivity index (χ1n) is 8.68. The van der Waals surface area contributed by atoms with Crippen LogP contribution in [0, 0.1) is 5.92 Å². The standard InChI is InChI=1S/C19H21BrClNO4/c1-4-10(2)6-5-7-11-13(23)9-8-12-15(11)26-19(17(12)24)16(20)14(21)18(25)22(19)3/h8-10,23H,4-7H2,1-3H3. The Kier molecular flexibility index (Phi) is 5.10. The average molecular weight is 443 g/mol. The molecule has 2 heterocycles. The summed E-state index contributed by atoms with van der Waals surface area (Å²) >= 11 is 9.32. The van der Waals surface area contributed by atoms with Crippen LogP contribution in [0.5, 0.6) is 11.5 Å².